The Morgan fingerprint density at radius 3 is 0.944 bits per heavy atom. The van der Waals surface area contributed by atoms with Crippen LogP contribution in [0.2, 0.25) is 0 Å². The van der Waals surface area contributed by atoms with Crippen LogP contribution in [0.4, 0.5) is 0 Å². The highest BCUT2D eigenvalue weighted by Crippen LogP contribution is 2.50. The van der Waals surface area contributed by atoms with Gasteiger partial charge in [0.15, 0.2) is 0 Å². The predicted molar refractivity (Wildman–Crippen MR) is 310 cm³/mol. The number of benzene rings is 14. The molecule has 0 radical (unpaired) electrons. The van der Waals surface area contributed by atoms with E-state index in [9.17, 15) is 0 Å². The second-order valence-electron chi connectivity index (χ2n) is 19.1. The molecule has 0 heterocycles. The summed E-state index contributed by atoms with van der Waals surface area (Å²) in [5.41, 5.74) is 17.1. The van der Waals surface area contributed by atoms with E-state index in [0.29, 0.717) is 0 Å². The van der Waals surface area contributed by atoms with Crippen molar-refractivity contribution in [1.29, 1.82) is 0 Å². The molecule has 334 valence electrons. The van der Waals surface area contributed by atoms with Crippen molar-refractivity contribution in [3.8, 4) is 77.9 Å². The molecule has 0 fully saturated rings. The minimum absolute atomic E-state index is 1.18. The average Bonchev–Trinajstić information content (AvgIpc) is 3.46. The molecule has 14 aromatic rings. The molecule has 0 saturated carbocycles. The van der Waals surface area contributed by atoms with E-state index >= 15 is 0 Å². The maximum absolute atomic E-state index is 2.46. The van der Waals surface area contributed by atoms with Crippen LogP contribution in [0.3, 0.4) is 0 Å². The van der Waals surface area contributed by atoms with Crippen molar-refractivity contribution >= 4 is 64.6 Å². The zero-order chi connectivity index (χ0) is 47.5. The smallest absolute Gasteiger partial charge is 0.00199 e. The number of hydrogen-bond donors (Lipinski definition) is 0. The van der Waals surface area contributed by atoms with Gasteiger partial charge in [0.25, 0.3) is 0 Å². The fraction of sp³-hybridized carbons (Fsp3) is 0. The molecule has 0 aliphatic rings. The van der Waals surface area contributed by atoms with Gasteiger partial charge in [0, 0.05) is 0 Å². The molecule has 0 N–H and O–H groups in total. The quantitative estimate of drug-likeness (QED) is 0.140. The predicted octanol–water partition coefficient (Wildman–Crippen LogP) is 20.3. The SMILES string of the molecule is c1ccc(-c2c3ccccc3c(-c3ccc(-c4ccc5c(-c6ccccc6-c6ccc7ccccc7c6)c6ccccc6c(-c6ccccc6-c6ccc7ccccc7c6)c5c4)cc3)c3ccccc23)cc1. The third kappa shape index (κ3) is 6.91. The van der Waals surface area contributed by atoms with Gasteiger partial charge < -0.3 is 0 Å². The molecular formula is C72H46. The Morgan fingerprint density at radius 2 is 0.458 bits per heavy atom. The summed E-state index contributed by atoms with van der Waals surface area (Å²) in [6, 6.07) is 103. The van der Waals surface area contributed by atoms with Gasteiger partial charge in [-0.2, -0.15) is 0 Å². The van der Waals surface area contributed by atoms with E-state index < -0.39 is 0 Å². The third-order valence-electron chi connectivity index (χ3n) is 15.0. The fourth-order valence-electron chi connectivity index (χ4n) is 11.7. The van der Waals surface area contributed by atoms with E-state index in [1.54, 1.807) is 0 Å². The Bertz CT molecular complexity index is 4370. The summed E-state index contributed by atoms with van der Waals surface area (Å²) in [6.45, 7) is 0. The lowest BCUT2D eigenvalue weighted by Crippen LogP contribution is -1.95. The maximum Gasteiger partial charge on any atom is -0.00199 e. The minimum atomic E-state index is 1.18. The van der Waals surface area contributed by atoms with Crippen molar-refractivity contribution < 1.29 is 0 Å². The van der Waals surface area contributed by atoms with Gasteiger partial charge in [-0.15, -0.1) is 0 Å². The average molecular weight is 911 g/mol. The van der Waals surface area contributed by atoms with Crippen molar-refractivity contribution in [2.45, 2.75) is 0 Å². The van der Waals surface area contributed by atoms with Crippen LogP contribution in [-0.2, 0) is 0 Å². The van der Waals surface area contributed by atoms with Gasteiger partial charge >= 0.3 is 0 Å². The molecule has 14 aromatic carbocycles. The molecule has 0 heteroatoms. The largest absolute Gasteiger partial charge is 0.0622 e. The normalized spacial score (nSPS) is 11.6. The second-order valence-corrected chi connectivity index (χ2v) is 19.1. The Labute approximate surface area is 419 Å². The maximum atomic E-state index is 2.46. The molecule has 0 atom stereocenters. The van der Waals surface area contributed by atoms with E-state index in [0.717, 1.165) is 0 Å². The summed E-state index contributed by atoms with van der Waals surface area (Å²) in [5.74, 6) is 0. The van der Waals surface area contributed by atoms with Gasteiger partial charge in [-0.05, 0) is 161 Å². The molecule has 0 amide bonds. The molecular weight excluding hydrogens is 865 g/mol. The summed E-state index contributed by atoms with van der Waals surface area (Å²) in [6.07, 6.45) is 0. The molecule has 72 heavy (non-hydrogen) atoms. The summed E-state index contributed by atoms with van der Waals surface area (Å²) >= 11 is 0. The second kappa shape index (κ2) is 17.2. The highest BCUT2D eigenvalue weighted by atomic mass is 14.3. The minimum Gasteiger partial charge on any atom is -0.0622 e. The number of rotatable bonds is 7. The molecule has 0 aromatic heterocycles. The fourth-order valence-corrected chi connectivity index (χ4v) is 11.7. The zero-order valence-electron chi connectivity index (χ0n) is 39.6. The molecule has 0 nitrogen and oxygen atoms in total. The van der Waals surface area contributed by atoms with Crippen LogP contribution in [0, 0.1) is 0 Å². The first kappa shape index (κ1) is 41.6. The topological polar surface area (TPSA) is 0 Å². The number of fused-ring (bicyclic) bond motifs is 6. The molecule has 0 bridgehead atoms. The molecule has 0 spiro atoms. The van der Waals surface area contributed by atoms with Crippen molar-refractivity contribution in [2.75, 3.05) is 0 Å². The first-order chi connectivity index (χ1) is 35.7. The molecule has 0 unspecified atom stereocenters. The van der Waals surface area contributed by atoms with E-state index in [1.807, 2.05) is 0 Å². The van der Waals surface area contributed by atoms with Crippen LogP contribution in [-0.4, -0.2) is 0 Å². The summed E-state index contributed by atoms with van der Waals surface area (Å²) < 4.78 is 0. The summed E-state index contributed by atoms with van der Waals surface area (Å²) in [7, 11) is 0. The van der Waals surface area contributed by atoms with Gasteiger partial charge in [0.1, 0.15) is 0 Å². The molecule has 0 aliphatic carbocycles. The zero-order valence-corrected chi connectivity index (χ0v) is 39.6. The van der Waals surface area contributed by atoms with Crippen LogP contribution in [0.5, 0.6) is 0 Å². The molecule has 14 rings (SSSR count). The van der Waals surface area contributed by atoms with Crippen LogP contribution >= 0.6 is 0 Å². The monoisotopic (exact) mass is 910 g/mol. The number of hydrogen-bond acceptors (Lipinski definition) is 0. The van der Waals surface area contributed by atoms with Gasteiger partial charge in [-0.3, -0.25) is 0 Å². The van der Waals surface area contributed by atoms with Crippen molar-refractivity contribution in [2.24, 2.45) is 0 Å². The van der Waals surface area contributed by atoms with Crippen LogP contribution in [0.25, 0.3) is 143 Å². The van der Waals surface area contributed by atoms with Crippen molar-refractivity contribution in [1.82, 2.24) is 0 Å². The lowest BCUT2D eigenvalue weighted by Gasteiger charge is -2.22. The van der Waals surface area contributed by atoms with E-state index in [4.69, 9.17) is 0 Å². The highest BCUT2D eigenvalue weighted by Gasteiger charge is 2.22. The Kier molecular flexibility index (Phi) is 9.96. The van der Waals surface area contributed by atoms with E-state index in [2.05, 4.69) is 279 Å². The van der Waals surface area contributed by atoms with Gasteiger partial charge in [-0.1, -0.05) is 261 Å². The van der Waals surface area contributed by atoms with Crippen LogP contribution in [0.1, 0.15) is 0 Å². The highest BCUT2D eigenvalue weighted by molar-refractivity contribution is 6.25. The van der Waals surface area contributed by atoms with Crippen LogP contribution in [0.15, 0.2) is 279 Å². The Morgan fingerprint density at radius 1 is 0.139 bits per heavy atom. The lowest BCUT2D eigenvalue weighted by molar-refractivity contribution is 1.60. The van der Waals surface area contributed by atoms with Gasteiger partial charge in [0.2, 0.25) is 0 Å². The van der Waals surface area contributed by atoms with Crippen molar-refractivity contribution in [3.63, 3.8) is 0 Å². The first-order valence-electron chi connectivity index (χ1n) is 25.0. The summed E-state index contributed by atoms with van der Waals surface area (Å²) in [4.78, 5) is 0. The van der Waals surface area contributed by atoms with E-state index in [-0.39, 0.29) is 0 Å². The lowest BCUT2D eigenvalue weighted by atomic mass is 9.81. The van der Waals surface area contributed by atoms with Crippen molar-refractivity contribution in [3.05, 3.63) is 279 Å². The first-order valence-corrected chi connectivity index (χ1v) is 25.0. The van der Waals surface area contributed by atoms with E-state index in [1.165, 1.54) is 143 Å². The third-order valence-corrected chi connectivity index (χ3v) is 15.0. The molecule has 0 saturated heterocycles. The van der Waals surface area contributed by atoms with Gasteiger partial charge in [-0.25, -0.2) is 0 Å². The van der Waals surface area contributed by atoms with Gasteiger partial charge in [0.05, 0.1) is 0 Å². The Hall–Kier alpha value is -9.36. The molecule has 0 aliphatic heterocycles. The summed E-state index contributed by atoms with van der Waals surface area (Å²) in [5, 5.41) is 14.9. The standard InChI is InChI=1S/C72H46/c1-2-20-50(21-3-1)69-61-28-12-14-30-63(61)70(64-31-15-13-29-62(64)69)51-38-34-49(35-39-51)54-42-43-67-68(46-54)72(60-27-11-9-25-58(60)56-41-37-48-19-5-7-23-53(48)45-56)66-33-17-16-32-65(66)71(67)59-26-10-8-24-57(59)55-40-36-47-18-4-6-22-52(47)44-55/h1-46H. The van der Waals surface area contributed by atoms with Crippen LogP contribution < -0.4 is 0 Å². The Balaban J connectivity index is 0.998.